The van der Waals surface area contributed by atoms with E-state index in [-0.39, 0.29) is 11.9 Å². The minimum absolute atomic E-state index is 0.0505. The first-order chi connectivity index (χ1) is 14.8. The lowest BCUT2D eigenvalue weighted by Crippen LogP contribution is -2.42. The van der Waals surface area contributed by atoms with E-state index in [0.717, 1.165) is 55.1 Å². The van der Waals surface area contributed by atoms with E-state index in [9.17, 15) is 4.79 Å². The van der Waals surface area contributed by atoms with Crippen LogP contribution in [0.4, 0.5) is 5.82 Å². The minimum Gasteiger partial charge on any atom is -0.348 e. The molecule has 0 saturated carbocycles. The van der Waals surface area contributed by atoms with Crippen LogP contribution in [0, 0.1) is 0 Å². The first-order valence-corrected chi connectivity index (χ1v) is 10.1. The number of nitrogens with one attached hydrogen (secondary N) is 1. The third kappa shape index (κ3) is 2.66. The van der Waals surface area contributed by atoms with E-state index < -0.39 is 0 Å². The zero-order chi connectivity index (χ0) is 20.1. The van der Waals surface area contributed by atoms with Gasteiger partial charge in [-0.1, -0.05) is 6.07 Å². The van der Waals surface area contributed by atoms with E-state index in [0.29, 0.717) is 11.5 Å². The average Bonchev–Trinajstić information content (AvgIpc) is 3.38. The average molecular weight is 400 g/mol. The topological polar surface area (TPSA) is 95.3 Å². The molecular formula is C21H20N8O. The largest absolute Gasteiger partial charge is 0.348 e. The number of imidazole rings is 1. The second-order valence-corrected chi connectivity index (χ2v) is 7.67. The summed E-state index contributed by atoms with van der Waals surface area (Å²) in [7, 11) is 0. The molecule has 150 valence electrons. The van der Waals surface area contributed by atoms with Crippen LogP contribution in [0.15, 0.2) is 48.9 Å². The van der Waals surface area contributed by atoms with Gasteiger partial charge in [0.05, 0.1) is 23.2 Å². The number of amides is 1. The maximum absolute atomic E-state index is 12.4. The summed E-state index contributed by atoms with van der Waals surface area (Å²) in [6.45, 7) is 2.35. The van der Waals surface area contributed by atoms with Crippen molar-refractivity contribution in [2.45, 2.75) is 18.9 Å². The number of anilines is 1. The van der Waals surface area contributed by atoms with Gasteiger partial charge in [-0.3, -0.25) is 4.79 Å². The number of carbonyl (C=O) groups is 1. The van der Waals surface area contributed by atoms with Crippen molar-refractivity contribution in [1.82, 2.24) is 34.7 Å². The van der Waals surface area contributed by atoms with Gasteiger partial charge in [0, 0.05) is 37.9 Å². The van der Waals surface area contributed by atoms with Crippen LogP contribution in [-0.4, -0.2) is 60.2 Å². The molecule has 0 aromatic carbocycles. The third-order valence-electron chi connectivity index (χ3n) is 5.90. The van der Waals surface area contributed by atoms with E-state index in [1.807, 2.05) is 35.0 Å². The fourth-order valence-electron chi connectivity index (χ4n) is 4.19. The summed E-state index contributed by atoms with van der Waals surface area (Å²) < 4.78 is 1.87. The maximum Gasteiger partial charge on any atom is 0.274 e. The van der Waals surface area contributed by atoms with Crippen molar-refractivity contribution in [1.29, 1.82) is 0 Å². The molecule has 0 radical (unpaired) electrons. The lowest BCUT2D eigenvalue weighted by Gasteiger charge is -2.34. The molecule has 1 N–H and O–H groups in total. The standard InChI is InChI=1S/C21H20N8O/c30-21(27-8-3-9-27)16-5-6-18(25-24-16)28-11-7-15-19(23-13-22-15)20(28)17-12-14-4-1-2-10-29(14)26-17/h1-2,4-6,10,12-13,20H,3,7-9,11H2,(H,22,23)/t20-/m0/s1. The Hall–Kier alpha value is -3.75. The molecule has 6 heterocycles. The van der Waals surface area contributed by atoms with Crippen LogP contribution in [0.25, 0.3) is 5.52 Å². The van der Waals surface area contributed by atoms with Crippen molar-refractivity contribution in [3.63, 3.8) is 0 Å². The first kappa shape index (κ1) is 17.1. The van der Waals surface area contributed by atoms with Gasteiger partial charge in [0.2, 0.25) is 0 Å². The molecule has 9 heteroatoms. The second-order valence-electron chi connectivity index (χ2n) is 7.67. The summed E-state index contributed by atoms with van der Waals surface area (Å²) in [6.07, 6.45) is 5.55. The molecule has 1 saturated heterocycles. The maximum atomic E-state index is 12.4. The Morgan fingerprint density at radius 3 is 2.80 bits per heavy atom. The number of fused-ring (bicyclic) bond motifs is 2. The van der Waals surface area contributed by atoms with Gasteiger partial charge in [0.25, 0.3) is 5.91 Å². The quantitative estimate of drug-likeness (QED) is 0.564. The predicted octanol–water partition coefficient (Wildman–Crippen LogP) is 1.85. The van der Waals surface area contributed by atoms with Gasteiger partial charge in [0.15, 0.2) is 11.5 Å². The monoisotopic (exact) mass is 400 g/mol. The van der Waals surface area contributed by atoms with E-state index in [2.05, 4.69) is 31.1 Å². The highest BCUT2D eigenvalue weighted by Crippen LogP contribution is 2.35. The Labute approximate surface area is 172 Å². The van der Waals surface area contributed by atoms with Gasteiger partial charge in [-0.25, -0.2) is 9.50 Å². The Kier molecular flexibility index (Phi) is 3.80. The van der Waals surface area contributed by atoms with Crippen LogP contribution < -0.4 is 4.90 Å². The number of rotatable bonds is 3. The summed E-state index contributed by atoms with van der Waals surface area (Å²) in [4.78, 5) is 24.2. The number of H-pyrrole nitrogens is 1. The summed E-state index contributed by atoms with van der Waals surface area (Å²) >= 11 is 0. The molecule has 0 unspecified atom stereocenters. The number of likely N-dealkylation sites (tertiary alicyclic amines) is 1. The van der Waals surface area contributed by atoms with E-state index in [4.69, 9.17) is 5.10 Å². The van der Waals surface area contributed by atoms with Gasteiger partial charge >= 0.3 is 0 Å². The summed E-state index contributed by atoms with van der Waals surface area (Å²) in [6, 6.07) is 11.5. The number of aromatic nitrogens is 6. The van der Waals surface area contributed by atoms with Crippen molar-refractivity contribution < 1.29 is 4.79 Å². The van der Waals surface area contributed by atoms with Crippen molar-refractivity contribution in [3.05, 3.63) is 71.7 Å². The molecule has 2 aliphatic heterocycles. The number of hydrogen-bond acceptors (Lipinski definition) is 6. The number of pyridine rings is 1. The highest BCUT2D eigenvalue weighted by atomic mass is 16.2. The van der Waals surface area contributed by atoms with Crippen LogP contribution in [0.5, 0.6) is 0 Å². The van der Waals surface area contributed by atoms with Gasteiger partial charge < -0.3 is 14.8 Å². The number of aromatic amines is 1. The molecular weight excluding hydrogens is 380 g/mol. The molecule has 1 fully saturated rings. The number of nitrogens with zero attached hydrogens (tertiary/aromatic N) is 7. The summed E-state index contributed by atoms with van der Waals surface area (Å²) in [5.41, 5.74) is 4.38. The number of hydrogen-bond donors (Lipinski definition) is 1. The lowest BCUT2D eigenvalue weighted by molar-refractivity contribution is 0.0644. The molecule has 2 aliphatic rings. The predicted molar refractivity (Wildman–Crippen MR) is 109 cm³/mol. The first-order valence-electron chi connectivity index (χ1n) is 10.1. The third-order valence-corrected chi connectivity index (χ3v) is 5.90. The molecule has 4 aromatic rings. The Morgan fingerprint density at radius 2 is 2.03 bits per heavy atom. The van der Waals surface area contributed by atoms with Crippen LogP contribution in [-0.2, 0) is 6.42 Å². The number of carbonyl (C=O) groups excluding carboxylic acids is 1. The SMILES string of the molecule is O=C(c1ccc(N2CCc3[nH]cnc3[C@@H]2c2cc3ccccn3n2)nn1)N1CCC1. The van der Waals surface area contributed by atoms with E-state index in [1.54, 1.807) is 17.3 Å². The summed E-state index contributed by atoms with van der Waals surface area (Å²) in [5.74, 6) is 0.663. The van der Waals surface area contributed by atoms with Gasteiger partial charge in [-0.05, 0) is 36.8 Å². The summed E-state index contributed by atoms with van der Waals surface area (Å²) in [5, 5.41) is 13.4. The second kappa shape index (κ2) is 6.65. The molecule has 6 rings (SSSR count). The molecule has 0 bridgehead atoms. The van der Waals surface area contributed by atoms with Gasteiger partial charge in [0.1, 0.15) is 6.04 Å². The normalized spacial score (nSPS) is 18.3. The lowest BCUT2D eigenvalue weighted by atomic mass is 9.99. The van der Waals surface area contributed by atoms with Crippen molar-refractivity contribution >= 4 is 17.2 Å². The van der Waals surface area contributed by atoms with E-state index >= 15 is 0 Å². The molecule has 30 heavy (non-hydrogen) atoms. The van der Waals surface area contributed by atoms with Crippen LogP contribution in [0.3, 0.4) is 0 Å². The van der Waals surface area contributed by atoms with Crippen LogP contribution in [0.2, 0.25) is 0 Å². The Balaban J connectivity index is 1.38. The highest BCUT2D eigenvalue weighted by molar-refractivity contribution is 5.92. The molecule has 0 aliphatic carbocycles. The van der Waals surface area contributed by atoms with Gasteiger partial charge in [-0.15, -0.1) is 10.2 Å². The molecule has 9 nitrogen and oxygen atoms in total. The molecule has 1 amide bonds. The minimum atomic E-state index is -0.175. The Morgan fingerprint density at radius 1 is 1.10 bits per heavy atom. The van der Waals surface area contributed by atoms with Gasteiger partial charge in [-0.2, -0.15) is 5.10 Å². The zero-order valence-electron chi connectivity index (χ0n) is 16.3. The molecule has 4 aromatic heterocycles. The molecule has 0 spiro atoms. The smallest absolute Gasteiger partial charge is 0.274 e. The van der Waals surface area contributed by atoms with Crippen molar-refractivity contribution in [2.24, 2.45) is 0 Å². The van der Waals surface area contributed by atoms with Crippen LogP contribution >= 0.6 is 0 Å². The molecule has 1 atom stereocenters. The Bertz CT molecular complexity index is 1190. The van der Waals surface area contributed by atoms with Crippen molar-refractivity contribution in [2.75, 3.05) is 24.5 Å². The van der Waals surface area contributed by atoms with Crippen LogP contribution in [0.1, 0.15) is 40.0 Å². The van der Waals surface area contributed by atoms with E-state index in [1.165, 1.54) is 0 Å². The fraction of sp³-hybridized carbons (Fsp3) is 0.286. The highest BCUT2D eigenvalue weighted by Gasteiger charge is 2.34. The van der Waals surface area contributed by atoms with Crippen molar-refractivity contribution in [3.8, 4) is 0 Å². The zero-order valence-corrected chi connectivity index (χ0v) is 16.3. The fourth-order valence-corrected chi connectivity index (χ4v) is 4.19.